The first-order valence-corrected chi connectivity index (χ1v) is 11.7. The highest BCUT2D eigenvalue weighted by Crippen LogP contribution is 2.42. The molecule has 5 N–H and O–H groups in total. The number of methoxy groups -OCH3 is 2. The molecule has 2 heterocycles. The van der Waals surface area contributed by atoms with Gasteiger partial charge in [-0.3, -0.25) is 4.79 Å². The minimum atomic E-state index is -0.598. The highest BCUT2D eigenvalue weighted by atomic mass is 32.1. The number of carbonyl (C=O) groups excluding carboxylic acids is 2. The van der Waals surface area contributed by atoms with E-state index in [2.05, 4.69) is 10.3 Å². The molecule has 10 nitrogen and oxygen atoms in total. The Balaban J connectivity index is 1.76. The van der Waals surface area contributed by atoms with Crippen molar-refractivity contribution in [2.24, 2.45) is 5.73 Å². The Kier molecular flexibility index (Phi) is 6.70. The number of nitrogens with two attached hydrogens (primary N) is 2. The standard InChI is InChI=1S/C24H28N6O4S/c1-29(2)14-6-7-16(25)15(12-14)20-21-17(28-23(35-21)22(26)31)9-10-30(20)24(32)27-13-5-8-18(33-3)19(11-13)34-4/h5-8,11-12,20H,9-10,25H2,1-4H3,(H2,26,31)(H,27,32). The summed E-state index contributed by atoms with van der Waals surface area (Å²) in [6, 6.07) is 9.98. The van der Waals surface area contributed by atoms with E-state index in [1.165, 1.54) is 18.4 Å². The Morgan fingerprint density at radius 3 is 2.54 bits per heavy atom. The van der Waals surface area contributed by atoms with Crippen LogP contribution in [0.15, 0.2) is 36.4 Å². The molecule has 35 heavy (non-hydrogen) atoms. The molecule has 2 aromatic carbocycles. The number of nitrogens with zero attached hydrogens (tertiary/aromatic N) is 3. The Hall–Kier alpha value is -3.99. The van der Waals surface area contributed by atoms with E-state index >= 15 is 0 Å². The molecule has 3 aromatic rings. The first-order valence-electron chi connectivity index (χ1n) is 10.9. The van der Waals surface area contributed by atoms with Crippen LogP contribution in [0.3, 0.4) is 0 Å². The first-order chi connectivity index (χ1) is 16.7. The van der Waals surface area contributed by atoms with E-state index in [1.807, 2.05) is 37.2 Å². The number of amides is 3. The molecule has 1 atom stereocenters. The van der Waals surface area contributed by atoms with Gasteiger partial charge in [0.15, 0.2) is 16.5 Å². The van der Waals surface area contributed by atoms with Crippen molar-refractivity contribution in [1.29, 1.82) is 0 Å². The van der Waals surface area contributed by atoms with Crippen molar-refractivity contribution in [2.45, 2.75) is 12.5 Å². The Morgan fingerprint density at radius 1 is 1.14 bits per heavy atom. The summed E-state index contributed by atoms with van der Waals surface area (Å²) in [7, 11) is 6.95. The Bertz CT molecular complexity index is 1270. The van der Waals surface area contributed by atoms with E-state index < -0.39 is 11.9 Å². The second-order valence-corrected chi connectivity index (χ2v) is 9.28. The van der Waals surface area contributed by atoms with Crippen molar-refractivity contribution < 1.29 is 19.1 Å². The number of ether oxygens (including phenoxy) is 2. The monoisotopic (exact) mass is 496 g/mol. The second kappa shape index (κ2) is 9.71. The molecular weight excluding hydrogens is 468 g/mol. The van der Waals surface area contributed by atoms with E-state index in [1.54, 1.807) is 30.2 Å². The molecule has 4 rings (SSSR count). The lowest BCUT2D eigenvalue weighted by Gasteiger charge is -2.36. The summed E-state index contributed by atoms with van der Waals surface area (Å²) < 4.78 is 10.6. The van der Waals surface area contributed by atoms with Crippen molar-refractivity contribution in [3.05, 3.63) is 57.5 Å². The minimum Gasteiger partial charge on any atom is -0.493 e. The van der Waals surface area contributed by atoms with Crippen LogP contribution in [0.5, 0.6) is 11.5 Å². The van der Waals surface area contributed by atoms with Gasteiger partial charge in [-0.1, -0.05) is 0 Å². The molecule has 184 valence electrons. The normalized spacial score (nSPS) is 14.7. The number of rotatable bonds is 6. The molecule has 0 fully saturated rings. The Morgan fingerprint density at radius 2 is 1.89 bits per heavy atom. The molecule has 3 amide bonds. The minimum absolute atomic E-state index is 0.212. The molecule has 1 unspecified atom stereocenters. The number of benzene rings is 2. The largest absolute Gasteiger partial charge is 0.493 e. The SMILES string of the molecule is COc1ccc(NC(=O)N2CCc3nc(C(N)=O)sc3C2c2cc(N(C)C)ccc2N)cc1OC. The quantitative estimate of drug-likeness (QED) is 0.446. The van der Waals surface area contributed by atoms with E-state index in [0.29, 0.717) is 35.8 Å². The first kappa shape index (κ1) is 24.1. The highest BCUT2D eigenvalue weighted by Gasteiger charge is 2.37. The third kappa shape index (κ3) is 4.67. The van der Waals surface area contributed by atoms with Crippen molar-refractivity contribution in [2.75, 3.05) is 50.8 Å². The maximum atomic E-state index is 13.6. The van der Waals surface area contributed by atoms with Gasteiger partial charge in [-0.2, -0.15) is 0 Å². The van der Waals surface area contributed by atoms with Gasteiger partial charge in [-0.05, 0) is 30.3 Å². The van der Waals surface area contributed by atoms with Crippen LogP contribution in [0, 0.1) is 0 Å². The number of fused-ring (bicyclic) bond motifs is 1. The number of thiazole rings is 1. The third-order valence-electron chi connectivity index (χ3n) is 5.86. The van der Waals surface area contributed by atoms with E-state index in [9.17, 15) is 9.59 Å². The van der Waals surface area contributed by atoms with E-state index in [4.69, 9.17) is 20.9 Å². The van der Waals surface area contributed by atoms with Crippen molar-refractivity contribution in [1.82, 2.24) is 9.88 Å². The lowest BCUT2D eigenvalue weighted by Crippen LogP contribution is -2.42. The molecule has 0 saturated heterocycles. The molecule has 11 heteroatoms. The van der Waals surface area contributed by atoms with Crippen molar-refractivity contribution in [3.63, 3.8) is 0 Å². The summed E-state index contributed by atoms with van der Waals surface area (Å²) in [5, 5.41) is 3.16. The molecule has 1 aliphatic rings. The lowest BCUT2D eigenvalue weighted by molar-refractivity contribution is 0.0999. The van der Waals surface area contributed by atoms with Gasteiger partial charge in [0.1, 0.15) is 0 Å². The van der Waals surface area contributed by atoms with Crippen LogP contribution in [0.2, 0.25) is 0 Å². The van der Waals surface area contributed by atoms with E-state index in [-0.39, 0.29) is 11.0 Å². The number of hydrogen-bond acceptors (Lipinski definition) is 8. The number of nitrogen functional groups attached to an aromatic ring is 1. The molecule has 0 aliphatic carbocycles. The summed E-state index contributed by atoms with van der Waals surface area (Å²) in [6.45, 7) is 0.379. The van der Waals surface area contributed by atoms with Gasteiger partial charge in [0.25, 0.3) is 5.91 Å². The number of hydrogen-bond donors (Lipinski definition) is 3. The maximum Gasteiger partial charge on any atom is 0.322 e. The summed E-state index contributed by atoms with van der Waals surface area (Å²) in [5.41, 5.74) is 15.4. The number of nitrogens with one attached hydrogen (secondary N) is 1. The third-order valence-corrected chi connectivity index (χ3v) is 7.03. The topological polar surface area (TPSA) is 136 Å². The van der Waals surface area contributed by atoms with Gasteiger partial charge < -0.3 is 36.1 Å². The van der Waals surface area contributed by atoms with Crippen LogP contribution < -0.4 is 31.2 Å². The molecule has 1 aromatic heterocycles. The lowest BCUT2D eigenvalue weighted by atomic mass is 9.95. The Labute approximate surface area is 207 Å². The average molecular weight is 497 g/mol. The van der Waals surface area contributed by atoms with Gasteiger partial charge in [0.2, 0.25) is 0 Å². The zero-order valence-corrected chi connectivity index (χ0v) is 20.8. The van der Waals surface area contributed by atoms with Crippen LogP contribution in [0.4, 0.5) is 21.9 Å². The number of carbonyl (C=O) groups is 2. The predicted octanol–water partition coefficient (Wildman–Crippen LogP) is 3.09. The van der Waals surface area contributed by atoms with E-state index in [0.717, 1.165) is 21.8 Å². The smallest absolute Gasteiger partial charge is 0.322 e. The average Bonchev–Trinajstić information content (AvgIpc) is 3.28. The molecular formula is C24H28N6O4S. The zero-order chi connectivity index (χ0) is 25.3. The van der Waals surface area contributed by atoms with Crippen molar-refractivity contribution >= 4 is 40.3 Å². The summed E-state index contributed by atoms with van der Waals surface area (Å²) in [5.74, 6) is 0.460. The summed E-state index contributed by atoms with van der Waals surface area (Å²) in [4.78, 5) is 34.3. The maximum absolute atomic E-state index is 13.6. The zero-order valence-electron chi connectivity index (χ0n) is 20.0. The number of anilines is 3. The fraction of sp³-hybridized carbons (Fsp3) is 0.292. The van der Waals surface area contributed by atoms with Crippen LogP contribution in [-0.2, 0) is 6.42 Å². The molecule has 1 aliphatic heterocycles. The fourth-order valence-corrected chi connectivity index (χ4v) is 5.17. The fourth-order valence-electron chi connectivity index (χ4n) is 4.07. The number of urea groups is 1. The van der Waals surface area contributed by atoms with Gasteiger partial charge in [0, 0.05) is 55.8 Å². The second-order valence-electron chi connectivity index (χ2n) is 8.25. The number of primary amides is 1. The predicted molar refractivity (Wildman–Crippen MR) is 137 cm³/mol. The van der Waals surface area contributed by atoms with Gasteiger partial charge in [-0.15, -0.1) is 11.3 Å². The number of aromatic nitrogens is 1. The van der Waals surface area contributed by atoms with Crippen LogP contribution in [0.1, 0.15) is 32.0 Å². The molecule has 0 spiro atoms. The summed E-state index contributed by atoms with van der Waals surface area (Å²) >= 11 is 1.19. The molecule has 0 radical (unpaired) electrons. The van der Waals surface area contributed by atoms with Crippen LogP contribution in [0.25, 0.3) is 0 Å². The van der Waals surface area contributed by atoms with Crippen LogP contribution >= 0.6 is 11.3 Å². The van der Waals surface area contributed by atoms with Gasteiger partial charge in [0.05, 0.1) is 30.8 Å². The summed E-state index contributed by atoms with van der Waals surface area (Å²) in [6.07, 6.45) is 0.488. The van der Waals surface area contributed by atoms with Gasteiger partial charge in [-0.25, -0.2) is 9.78 Å². The highest BCUT2D eigenvalue weighted by molar-refractivity contribution is 7.13. The molecule has 0 saturated carbocycles. The van der Waals surface area contributed by atoms with Gasteiger partial charge >= 0.3 is 6.03 Å². The van der Waals surface area contributed by atoms with Crippen LogP contribution in [-0.4, -0.2) is 56.7 Å². The molecule has 0 bridgehead atoms. The van der Waals surface area contributed by atoms with Crippen molar-refractivity contribution in [3.8, 4) is 11.5 Å².